The smallest absolute Gasteiger partial charge is 0.328 e. The summed E-state index contributed by atoms with van der Waals surface area (Å²) in [5, 5.41) is 25.0. The second kappa shape index (κ2) is 14.3. The van der Waals surface area contributed by atoms with Crippen LogP contribution in [0, 0.1) is 11.6 Å². The van der Waals surface area contributed by atoms with Crippen molar-refractivity contribution in [1.29, 1.82) is 0 Å². The molecule has 45 heavy (non-hydrogen) atoms. The van der Waals surface area contributed by atoms with Gasteiger partial charge in [-0.1, -0.05) is 24.3 Å². The van der Waals surface area contributed by atoms with Gasteiger partial charge in [0.15, 0.2) is 18.4 Å². The molecule has 3 aromatic carbocycles. The summed E-state index contributed by atoms with van der Waals surface area (Å²) in [4.78, 5) is 60.8. The number of aliphatic hydroxyl groups excluding tert-OH is 1. The fourth-order valence-corrected chi connectivity index (χ4v) is 5.93. The molecule has 11 nitrogen and oxygen atoms in total. The van der Waals surface area contributed by atoms with Gasteiger partial charge in [-0.25, -0.2) is 13.6 Å². The third-order valence-corrected chi connectivity index (χ3v) is 8.32. The Hall–Kier alpha value is -4.82. The molecule has 236 valence electrons. The summed E-state index contributed by atoms with van der Waals surface area (Å²) in [5.74, 6) is -4.30. The second-order valence-corrected chi connectivity index (χ2v) is 11.2. The van der Waals surface area contributed by atoms with Gasteiger partial charge in [-0.05, 0) is 66.6 Å². The van der Waals surface area contributed by atoms with E-state index in [4.69, 9.17) is 9.84 Å². The third-order valence-electron chi connectivity index (χ3n) is 6.99. The number of hydrogen-bond acceptors (Lipinski definition) is 8. The van der Waals surface area contributed by atoms with Crippen LogP contribution >= 0.6 is 11.8 Å². The largest absolute Gasteiger partial charge is 0.484 e. The van der Waals surface area contributed by atoms with E-state index < -0.39 is 65.5 Å². The molecule has 14 heteroatoms. The van der Waals surface area contributed by atoms with Gasteiger partial charge < -0.3 is 30.9 Å². The summed E-state index contributed by atoms with van der Waals surface area (Å²) in [6.45, 7) is 0.183. The molecule has 0 aromatic heterocycles. The SMILES string of the molecule is C[C@@H](O)[C@H](NC(=O)CNC(=O)COc1ccc([C@]2(c3ccc(F)cc3)NC(=O)[C@@H]2SCC(=O)c2ccc(F)cc2)cc1)C(=O)O. The first-order valence-electron chi connectivity index (χ1n) is 13.6. The minimum absolute atomic E-state index is 0.0724. The van der Waals surface area contributed by atoms with Crippen molar-refractivity contribution in [2.75, 3.05) is 18.9 Å². The van der Waals surface area contributed by atoms with Crippen LogP contribution < -0.4 is 20.7 Å². The Labute approximate surface area is 260 Å². The highest BCUT2D eigenvalue weighted by atomic mass is 32.2. The number of thioether (sulfide) groups is 1. The third kappa shape index (κ3) is 7.83. The summed E-state index contributed by atoms with van der Waals surface area (Å²) in [6, 6.07) is 15.6. The Morgan fingerprint density at radius 3 is 2.02 bits per heavy atom. The Bertz CT molecular complexity index is 1570. The van der Waals surface area contributed by atoms with Gasteiger partial charge >= 0.3 is 5.97 Å². The van der Waals surface area contributed by atoms with E-state index in [1.54, 1.807) is 24.3 Å². The monoisotopic (exact) mass is 641 g/mol. The molecule has 5 N–H and O–H groups in total. The number of β-lactam (4-membered cyclic amide) rings is 1. The number of nitrogens with one attached hydrogen (secondary N) is 3. The number of ether oxygens (including phenoxy) is 1. The van der Waals surface area contributed by atoms with Crippen molar-refractivity contribution in [2.45, 2.75) is 29.9 Å². The molecule has 1 saturated heterocycles. The predicted molar refractivity (Wildman–Crippen MR) is 158 cm³/mol. The number of carboxylic acids is 1. The van der Waals surface area contributed by atoms with Crippen LogP contribution in [-0.4, -0.2) is 76.0 Å². The van der Waals surface area contributed by atoms with Crippen molar-refractivity contribution >= 4 is 41.2 Å². The average Bonchev–Trinajstić information content (AvgIpc) is 3.01. The molecule has 0 aliphatic carbocycles. The maximum Gasteiger partial charge on any atom is 0.328 e. The van der Waals surface area contributed by atoms with Gasteiger partial charge in [0, 0.05) is 5.56 Å². The lowest BCUT2D eigenvalue weighted by atomic mass is 9.74. The van der Waals surface area contributed by atoms with Crippen LogP contribution in [0.5, 0.6) is 5.75 Å². The number of amides is 3. The minimum atomic E-state index is -1.53. The number of Topliss-reactive ketones (excluding diaryl/α,β-unsaturated/α-hetero) is 1. The van der Waals surface area contributed by atoms with Gasteiger partial charge in [-0.2, -0.15) is 0 Å². The summed E-state index contributed by atoms with van der Waals surface area (Å²) < 4.78 is 32.6. The lowest BCUT2D eigenvalue weighted by Gasteiger charge is -2.49. The van der Waals surface area contributed by atoms with E-state index >= 15 is 0 Å². The lowest BCUT2D eigenvalue weighted by Crippen LogP contribution is -2.69. The van der Waals surface area contributed by atoms with Gasteiger partial charge in [-0.15, -0.1) is 11.8 Å². The summed E-state index contributed by atoms with van der Waals surface area (Å²) in [5.41, 5.74) is 0.343. The number of aliphatic hydroxyl groups is 1. The van der Waals surface area contributed by atoms with E-state index in [-0.39, 0.29) is 23.2 Å². The number of carbonyl (C=O) groups is 5. The highest BCUT2D eigenvalue weighted by Gasteiger charge is 2.56. The number of ketones is 1. The molecule has 3 amide bonds. The zero-order valence-electron chi connectivity index (χ0n) is 23.8. The molecule has 0 saturated carbocycles. The fourth-order valence-electron chi connectivity index (χ4n) is 4.66. The molecule has 0 unspecified atom stereocenters. The van der Waals surface area contributed by atoms with Crippen LogP contribution in [0.15, 0.2) is 72.8 Å². The van der Waals surface area contributed by atoms with Crippen LogP contribution in [-0.2, 0) is 24.7 Å². The fraction of sp³-hybridized carbons (Fsp3) is 0.258. The van der Waals surface area contributed by atoms with Crippen molar-refractivity contribution in [3.63, 3.8) is 0 Å². The van der Waals surface area contributed by atoms with Gasteiger partial charge in [0.25, 0.3) is 5.91 Å². The summed E-state index contributed by atoms with van der Waals surface area (Å²) in [7, 11) is 0. The van der Waals surface area contributed by atoms with E-state index in [2.05, 4.69) is 16.0 Å². The summed E-state index contributed by atoms with van der Waals surface area (Å²) in [6.07, 6.45) is -1.35. The predicted octanol–water partition coefficient (Wildman–Crippen LogP) is 1.77. The van der Waals surface area contributed by atoms with Gasteiger partial charge in [0.1, 0.15) is 28.2 Å². The summed E-state index contributed by atoms with van der Waals surface area (Å²) >= 11 is 1.10. The average molecular weight is 642 g/mol. The number of benzene rings is 3. The van der Waals surface area contributed by atoms with E-state index in [9.17, 15) is 37.9 Å². The zero-order valence-corrected chi connectivity index (χ0v) is 24.6. The Kier molecular flexibility index (Phi) is 10.5. The number of carbonyl (C=O) groups excluding carboxylic acids is 4. The molecule has 0 spiro atoms. The molecule has 0 radical (unpaired) electrons. The molecule has 4 atom stereocenters. The van der Waals surface area contributed by atoms with Gasteiger partial charge in [-0.3, -0.25) is 19.2 Å². The first-order valence-corrected chi connectivity index (χ1v) is 14.6. The Balaban J connectivity index is 1.42. The van der Waals surface area contributed by atoms with Crippen molar-refractivity contribution in [2.24, 2.45) is 0 Å². The standard InChI is InChI=1S/C31H29F2N3O8S/c1-17(37)27(30(42)43)35-25(39)14-34-26(40)15-44-23-12-6-20(7-13-23)31(19-4-10-22(33)11-5-19)28(29(41)36-31)45-16-24(38)18-2-8-21(32)9-3-18/h2-13,17,27-28,37H,14-16H2,1H3,(H,34,40)(H,35,39)(H,36,41)(H,42,43)/t17-,27+,28+,31+/m1/s1. The van der Waals surface area contributed by atoms with Crippen molar-refractivity contribution < 1.29 is 47.7 Å². The molecule has 1 fully saturated rings. The molecule has 1 heterocycles. The van der Waals surface area contributed by atoms with E-state index in [1.807, 2.05) is 0 Å². The molecule has 0 bridgehead atoms. The minimum Gasteiger partial charge on any atom is -0.484 e. The van der Waals surface area contributed by atoms with Crippen LogP contribution in [0.25, 0.3) is 0 Å². The maximum absolute atomic E-state index is 13.8. The first kappa shape index (κ1) is 33.1. The molecular weight excluding hydrogens is 612 g/mol. The molecule has 1 aliphatic heterocycles. The molecule has 4 rings (SSSR count). The maximum atomic E-state index is 13.8. The highest BCUT2D eigenvalue weighted by molar-refractivity contribution is 8.01. The van der Waals surface area contributed by atoms with E-state index in [1.165, 1.54) is 55.5 Å². The highest BCUT2D eigenvalue weighted by Crippen LogP contribution is 2.45. The normalized spacial score (nSPS) is 18.5. The zero-order chi connectivity index (χ0) is 32.7. The number of aliphatic carboxylic acids is 1. The number of rotatable bonds is 14. The van der Waals surface area contributed by atoms with Crippen molar-refractivity contribution in [1.82, 2.24) is 16.0 Å². The molecule has 3 aromatic rings. The second-order valence-electron chi connectivity index (χ2n) is 10.1. The molecule has 1 aliphatic rings. The Morgan fingerprint density at radius 2 is 1.49 bits per heavy atom. The van der Waals surface area contributed by atoms with Gasteiger partial charge in [0.05, 0.1) is 18.4 Å². The lowest BCUT2D eigenvalue weighted by molar-refractivity contribution is -0.144. The first-order chi connectivity index (χ1) is 21.4. The number of hydrogen-bond donors (Lipinski definition) is 5. The van der Waals surface area contributed by atoms with E-state index in [0.29, 0.717) is 16.7 Å². The molecular formula is C31H29F2N3O8S. The Morgan fingerprint density at radius 1 is 0.933 bits per heavy atom. The van der Waals surface area contributed by atoms with Crippen molar-refractivity contribution in [3.8, 4) is 5.75 Å². The van der Waals surface area contributed by atoms with Crippen molar-refractivity contribution in [3.05, 3.63) is 101 Å². The quantitative estimate of drug-likeness (QED) is 0.130. The van der Waals surface area contributed by atoms with Crippen LogP contribution in [0.2, 0.25) is 0 Å². The topological polar surface area (TPSA) is 171 Å². The number of halogens is 2. The van der Waals surface area contributed by atoms with Crippen LogP contribution in [0.1, 0.15) is 28.4 Å². The van der Waals surface area contributed by atoms with Gasteiger partial charge in [0.2, 0.25) is 11.8 Å². The number of carboxylic acid groups (broad SMARTS) is 1. The van der Waals surface area contributed by atoms with Crippen LogP contribution in [0.4, 0.5) is 8.78 Å². The van der Waals surface area contributed by atoms with E-state index in [0.717, 1.165) is 11.8 Å². The van der Waals surface area contributed by atoms with Crippen LogP contribution in [0.3, 0.4) is 0 Å².